The van der Waals surface area contributed by atoms with Gasteiger partial charge in [0, 0.05) is 24.8 Å². The quantitative estimate of drug-likeness (QED) is 0.367. The Kier molecular flexibility index (Phi) is 6.07. The Labute approximate surface area is 173 Å². The first-order valence-electron chi connectivity index (χ1n) is 9.23. The van der Waals surface area contributed by atoms with Gasteiger partial charge in [0.1, 0.15) is 23.1 Å². The van der Waals surface area contributed by atoms with Crippen molar-refractivity contribution in [3.05, 3.63) is 109 Å². The van der Waals surface area contributed by atoms with E-state index in [1.807, 2.05) is 72.8 Å². The van der Waals surface area contributed by atoms with Crippen LogP contribution in [0.5, 0.6) is 0 Å². The van der Waals surface area contributed by atoms with Crippen LogP contribution >= 0.6 is 0 Å². The van der Waals surface area contributed by atoms with E-state index < -0.39 is 0 Å². The Morgan fingerprint density at radius 2 is 0.900 bits per heavy atom. The van der Waals surface area contributed by atoms with Gasteiger partial charge in [-0.25, -0.2) is 9.97 Å². The summed E-state index contributed by atoms with van der Waals surface area (Å²) in [7, 11) is 0. The molecule has 0 spiro atoms. The van der Waals surface area contributed by atoms with Crippen molar-refractivity contribution in [2.45, 2.75) is 0 Å². The van der Waals surface area contributed by atoms with Gasteiger partial charge < -0.3 is 0 Å². The van der Waals surface area contributed by atoms with Gasteiger partial charge in [0.15, 0.2) is 0 Å². The van der Waals surface area contributed by atoms with Crippen LogP contribution in [0.2, 0.25) is 0 Å². The molecule has 30 heavy (non-hydrogen) atoms. The first kappa shape index (κ1) is 18.9. The average molecular weight is 394 g/mol. The Morgan fingerprint density at radius 3 is 1.23 bits per heavy atom. The lowest BCUT2D eigenvalue weighted by Gasteiger charge is -2.11. The van der Waals surface area contributed by atoms with E-state index in [4.69, 9.17) is 0 Å². The van der Waals surface area contributed by atoms with E-state index in [0.29, 0.717) is 34.4 Å². The largest absolute Gasteiger partial charge is 0.261 e. The summed E-state index contributed by atoms with van der Waals surface area (Å²) in [6, 6.07) is 22.3. The molecule has 4 rings (SSSR count). The van der Waals surface area contributed by atoms with Crippen molar-refractivity contribution < 1.29 is 0 Å². The minimum Gasteiger partial charge on any atom is -0.261 e. The van der Waals surface area contributed by atoms with E-state index in [1.54, 1.807) is 24.8 Å². The van der Waals surface area contributed by atoms with Crippen LogP contribution in [0.1, 0.15) is 11.4 Å². The summed E-state index contributed by atoms with van der Waals surface area (Å²) in [6.45, 7) is 0. The number of hydrogen-bond acceptors (Lipinski definition) is 8. The van der Waals surface area contributed by atoms with Crippen molar-refractivity contribution in [2.75, 3.05) is 10.9 Å². The number of pyridine rings is 4. The van der Waals surface area contributed by atoms with Gasteiger partial charge in [-0.1, -0.05) is 24.3 Å². The number of hydrogen-bond donors (Lipinski definition) is 2. The van der Waals surface area contributed by atoms with Gasteiger partial charge >= 0.3 is 0 Å². The summed E-state index contributed by atoms with van der Waals surface area (Å²) in [5.74, 6) is 1.20. The molecule has 146 valence electrons. The second kappa shape index (κ2) is 9.65. The molecular formula is C22H18N8. The minimum atomic E-state index is 0.503. The fourth-order valence-corrected chi connectivity index (χ4v) is 2.55. The van der Waals surface area contributed by atoms with Crippen LogP contribution in [-0.2, 0) is 0 Å². The monoisotopic (exact) mass is 394 g/mol. The molecule has 0 saturated heterocycles. The van der Waals surface area contributed by atoms with Crippen LogP contribution in [0.3, 0.4) is 0 Å². The lowest BCUT2D eigenvalue weighted by molar-refractivity contribution is 1.19. The Hall–Kier alpha value is -4.46. The molecule has 0 aliphatic carbocycles. The summed E-state index contributed by atoms with van der Waals surface area (Å²) in [5, 5.41) is 9.13. The highest BCUT2D eigenvalue weighted by Crippen LogP contribution is 2.10. The lowest BCUT2D eigenvalue weighted by atomic mass is 10.1. The van der Waals surface area contributed by atoms with Crippen molar-refractivity contribution in [3.8, 4) is 0 Å². The lowest BCUT2D eigenvalue weighted by Crippen LogP contribution is -2.22. The Balaban J connectivity index is 1.78. The molecule has 0 aliphatic heterocycles. The predicted octanol–water partition coefficient (Wildman–Crippen LogP) is 3.60. The summed E-state index contributed by atoms with van der Waals surface area (Å²) < 4.78 is 0. The molecule has 0 fully saturated rings. The first-order valence-corrected chi connectivity index (χ1v) is 9.23. The number of hydrazone groups is 2. The third kappa shape index (κ3) is 4.87. The van der Waals surface area contributed by atoms with Crippen LogP contribution < -0.4 is 10.9 Å². The van der Waals surface area contributed by atoms with Gasteiger partial charge in [0.05, 0.1) is 11.4 Å². The molecule has 0 atom stereocenters. The van der Waals surface area contributed by atoms with Crippen LogP contribution in [0, 0.1) is 0 Å². The molecule has 4 heterocycles. The highest BCUT2D eigenvalue weighted by Gasteiger charge is 2.18. The molecule has 8 nitrogen and oxygen atoms in total. The topological polar surface area (TPSA) is 100 Å². The number of nitrogens with one attached hydrogen (secondary N) is 2. The van der Waals surface area contributed by atoms with Crippen LogP contribution in [0.25, 0.3) is 0 Å². The number of nitrogens with zero attached hydrogens (tertiary/aromatic N) is 6. The van der Waals surface area contributed by atoms with Crippen molar-refractivity contribution in [1.29, 1.82) is 0 Å². The highest BCUT2D eigenvalue weighted by molar-refractivity contribution is 6.52. The minimum absolute atomic E-state index is 0.503. The second-order valence-electron chi connectivity index (χ2n) is 6.00. The molecule has 4 aromatic heterocycles. The summed E-state index contributed by atoms with van der Waals surface area (Å²) in [5.41, 5.74) is 8.22. The number of aromatic nitrogens is 4. The zero-order chi connectivity index (χ0) is 20.4. The van der Waals surface area contributed by atoms with Gasteiger partial charge in [0.25, 0.3) is 0 Å². The second-order valence-corrected chi connectivity index (χ2v) is 6.00. The normalized spacial score (nSPS) is 11.7. The van der Waals surface area contributed by atoms with Crippen molar-refractivity contribution in [3.63, 3.8) is 0 Å². The van der Waals surface area contributed by atoms with Crippen LogP contribution in [-0.4, -0.2) is 31.4 Å². The van der Waals surface area contributed by atoms with Crippen molar-refractivity contribution in [2.24, 2.45) is 10.2 Å². The maximum absolute atomic E-state index is 4.56. The first-order chi connectivity index (χ1) is 14.9. The molecule has 0 aliphatic rings. The standard InChI is InChI=1S/C22H18N8/c1-5-13-23-17(9-1)21(29-27-19-11-3-7-15-25-19)22(18-10-2-6-14-24-18)30-28-20-12-4-8-16-26-20/h1-16H,(H,25,27)(H,26,28)/b29-21+,30-22+. The van der Waals surface area contributed by atoms with Crippen molar-refractivity contribution in [1.82, 2.24) is 19.9 Å². The molecular weight excluding hydrogens is 376 g/mol. The average Bonchev–Trinajstić information content (AvgIpc) is 2.83. The smallest absolute Gasteiger partial charge is 0.146 e. The maximum Gasteiger partial charge on any atom is 0.146 e. The number of anilines is 2. The van der Waals surface area contributed by atoms with Gasteiger partial charge in [-0.2, -0.15) is 10.2 Å². The van der Waals surface area contributed by atoms with Gasteiger partial charge in [-0.05, 0) is 48.5 Å². The molecule has 0 amide bonds. The zero-order valence-electron chi connectivity index (χ0n) is 15.9. The highest BCUT2D eigenvalue weighted by atomic mass is 15.3. The van der Waals surface area contributed by atoms with Crippen molar-refractivity contribution >= 4 is 23.1 Å². The van der Waals surface area contributed by atoms with Gasteiger partial charge in [-0.3, -0.25) is 20.8 Å². The third-order valence-corrected chi connectivity index (χ3v) is 3.93. The molecule has 0 radical (unpaired) electrons. The fraction of sp³-hybridized carbons (Fsp3) is 0. The predicted molar refractivity (Wildman–Crippen MR) is 117 cm³/mol. The zero-order valence-corrected chi connectivity index (χ0v) is 15.9. The SMILES string of the molecule is c1ccc(N/N=C(/C(=N/Nc2ccccn2)c2ccccn2)c2ccccn2)nc1. The van der Waals surface area contributed by atoms with E-state index in [0.717, 1.165) is 0 Å². The van der Waals surface area contributed by atoms with E-state index in [9.17, 15) is 0 Å². The molecule has 8 heteroatoms. The van der Waals surface area contributed by atoms with E-state index in [-0.39, 0.29) is 0 Å². The Morgan fingerprint density at radius 1 is 0.500 bits per heavy atom. The van der Waals surface area contributed by atoms with Gasteiger partial charge in [0.2, 0.25) is 0 Å². The van der Waals surface area contributed by atoms with E-state index >= 15 is 0 Å². The summed E-state index contributed by atoms with van der Waals surface area (Å²) in [6.07, 6.45) is 6.78. The summed E-state index contributed by atoms with van der Waals surface area (Å²) >= 11 is 0. The molecule has 0 aromatic carbocycles. The molecule has 4 aromatic rings. The third-order valence-electron chi connectivity index (χ3n) is 3.93. The Bertz CT molecular complexity index is 1020. The van der Waals surface area contributed by atoms with Gasteiger partial charge in [-0.15, -0.1) is 0 Å². The maximum atomic E-state index is 4.56. The van der Waals surface area contributed by atoms with Crippen LogP contribution in [0.15, 0.2) is 108 Å². The van der Waals surface area contributed by atoms with E-state index in [2.05, 4.69) is 41.0 Å². The molecule has 0 unspecified atom stereocenters. The van der Waals surface area contributed by atoms with E-state index in [1.165, 1.54) is 0 Å². The molecule has 2 N–H and O–H groups in total. The molecule has 0 saturated carbocycles. The summed E-state index contributed by atoms with van der Waals surface area (Å²) in [4.78, 5) is 17.4. The molecule has 0 bridgehead atoms. The number of rotatable bonds is 7. The van der Waals surface area contributed by atoms with Crippen LogP contribution in [0.4, 0.5) is 11.6 Å². The fourth-order valence-electron chi connectivity index (χ4n) is 2.55.